The van der Waals surface area contributed by atoms with Crippen molar-refractivity contribution in [2.75, 3.05) is 5.73 Å². The van der Waals surface area contributed by atoms with Crippen LogP contribution in [0.5, 0.6) is 0 Å². The van der Waals surface area contributed by atoms with Crippen LogP contribution in [0.15, 0.2) is 22.4 Å². The van der Waals surface area contributed by atoms with Crippen LogP contribution in [0, 0.1) is 0 Å². The summed E-state index contributed by atoms with van der Waals surface area (Å²) in [6.07, 6.45) is 0. The number of thiophene rings is 1. The Kier molecular flexibility index (Phi) is 2.13. The van der Waals surface area contributed by atoms with Gasteiger partial charge in [-0.1, -0.05) is 0 Å². The predicted molar refractivity (Wildman–Crippen MR) is 60.4 cm³/mol. The van der Waals surface area contributed by atoms with Gasteiger partial charge >= 0.3 is 5.97 Å². The summed E-state index contributed by atoms with van der Waals surface area (Å²) in [6, 6.07) is 3.29. The number of thiol groups is 1. The van der Waals surface area contributed by atoms with E-state index in [1.807, 2.05) is 0 Å². The third-order valence-electron chi connectivity index (χ3n) is 1.97. The number of carboxylic acids is 1. The number of rotatable bonds is 1. The number of nitrogens with two attached hydrogens (primary N) is 1. The summed E-state index contributed by atoms with van der Waals surface area (Å²) in [5.41, 5.74) is 6.48. The standard InChI is InChI=1S/C9H7NO2S2/c10-5-3-14-6-2-1-4(9(11)12)8(13)7(5)6/h1-3,13H,10H2,(H,11,12). The van der Waals surface area contributed by atoms with Gasteiger partial charge in [0.15, 0.2) is 0 Å². The zero-order valence-electron chi connectivity index (χ0n) is 7.02. The third kappa shape index (κ3) is 1.25. The van der Waals surface area contributed by atoms with E-state index in [9.17, 15) is 4.79 Å². The molecular weight excluding hydrogens is 218 g/mol. The monoisotopic (exact) mass is 225 g/mol. The summed E-state index contributed by atoms with van der Waals surface area (Å²) in [5, 5.41) is 11.4. The zero-order chi connectivity index (χ0) is 10.3. The smallest absolute Gasteiger partial charge is 0.336 e. The average Bonchev–Trinajstić information content (AvgIpc) is 2.48. The van der Waals surface area contributed by atoms with Crippen molar-refractivity contribution in [1.82, 2.24) is 0 Å². The highest BCUT2D eigenvalue weighted by molar-refractivity contribution is 7.80. The van der Waals surface area contributed by atoms with Crippen molar-refractivity contribution in [2.24, 2.45) is 0 Å². The van der Waals surface area contributed by atoms with Crippen molar-refractivity contribution in [3.63, 3.8) is 0 Å². The Hall–Kier alpha value is -1.20. The number of hydrogen-bond acceptors (Lipinski definition) is 4. The second-order valence-corrected chi connectivity index (χ2v) is 4.19. The Morgan fingerprint density at radius 2 is 2.21 bits per heavy atom. The quantitative estimate of drug-likeness (QED) is 0.653. The summed E-state index contributed by atoms with van der Waals surface area (Å²) < 4.78 is 0.956. The molecule has 0 radical (unpaired) electrons. The van der Waals surface area contributed by atoms with Gasteiger partial charge in [-0.3, -0.25) is 0 Å². The fourth-order valence-corrected chi connectivity index (χ4v) is 2.66. The van der Waals surface area contributed by atoms with Gasteiger partial charge in [0.25, 0.3) is 0 Å². The van der Waals surface area contributed by atoms with Crippen LogP contribution in [0.3, 0.4) is 0 Å². The first kappa shape index (κ1) is 9.36. The van der Waals surface area contributed by atoms with Gasteiger partial charge in [-0.15, -0.1) is 24.0 Å². The lowest BCUT2D eigenvalue weighted by atomic mass is 10.1. The number of nitrogen functional groups attached to an aromatic ring is 1. The van der Waals surface area contributed by atoms with E-state index in [-0.39, 0.29) is 5.56 Å². The first-order valence-corrected chi connectivity index (χ1v) is 5.16. The van der Waals surface area contributed by atoms with Crippen LogP contribution >= 0.6 is 24.0 Å². The molecule has 1 aromatic carbocycles. The van der Waals surface area contributed by atoms with Crippen LogP contribution in [0.25, 0.3) is 10.1 Å². The fraction of sp³-hybridized carbons (Fsp3) is 0. The maximum atomic E-state index is 10.8. The number of benzene rings is 1. The van der Waals surface area contributed by atoms with Crippen molar-refractivity contribution in [3.8, 4) is 0 Å². The highest BCUT2D eigenvalue weighted by Crippen LogP contribution is 2.34. The van der Waals surface area contributed by atoms with Crippen molar-refractivity contribution in [1.29, 1.82) is 0 Å². The molecule has 0 amide bonds. The molecular formula is C9H7NO2S2. The second-order valence-electron chi connectivity index (χ2n) is 2.83. The van der Waals surface area contributed by atoms with Crippen molar-refractivity contribution < 1.29 is 9.90 Å². The molecule has 0 atom stereocenters. The SMILES string of the molecule is Nc1csc2ccc(C(=O)O)c(S)c12. The summed E-state index contributed by atoms with van der Waals surface area (Å²) in [5.74, 6) is -0.984. The molecule has 3 nitrogen and oxygen atoms in total. The number of fused-ring (bicyclic) bond motifs is 1. The molecule has 1 aromatic heterocycles. The van der Waals surface area contributed by atoms with Crippen molar-refractivity contribution in [3.05, 3.63) is 23.1 Å². The van der Waals surface area contributed by atoms with E-state index in [2.05, 4.69) is 12.6 Å². The molecule has 0 saturated heterocycles. The van der Waals surface area contributed by atoms with Gasteiger partial charge in [-0.25, -0.2) is 4.79 Å². The first-order chi connectivity index (χ1) is 6.61. The van der Waals surface area contributed by atoms with Crippen LogP contribution in [-0.2, 0) is 0 Å². The number of carbonyl (C=O) groups is 1. The fourth-order valence-electron chi connectivity index (χ4n) is 1.31. The van der Waals surface area contributed by atoms with Gasteiger partial charge in [0, 0.05) is 20.4 Å². The molecule has 0 saturated carbocycles. The minimum Gasteiger partial charge on any atom is -0.478 e. The molecule has 0 aliphatic carbocycles. The van der Waals surface area contributed by atoms with Crippen LogP contribution in [0.4, 0.5) is 5.69 Å². The lowest BCUT2D eigenvalue weighted by molar-refractivity contribution is 0.0693. The Morgan fingerprint density at radius 3 is 2.86 bits per heavy atom. The van der Waals surface area contributed by atoms with Gasteiger partial charge in [0.05, 0.1) is 11.3 Å². The Morgan fingerprint density at radius 1 is 1.50 bits per heavy atom. The highest BCUT2D eigenvalue weighted by atomic mass is 32.1. The van der Waals surface area contributed by atoms with Crippen molar-refractivity contribution >= 4 is 45.7 Å². The van der Waals surface area contributed by atoms with Crippen LogP contribution in [0.2, 0.25) is 0 Å². The predicted octanol–water partition coefficient (Wildman–Crippen LogP) is 2.47. The van der Waals surface area contributed by atoms with Crippen LogP contribution in [0.1, 0.15) is 10.4 Å². The summed E-state index contributed by atoms with van der Waals surface area (Å²) in [4.78, 5) is 11.3. The Bertz CT molecular complexity index is 519. The molecule has 5 heteroatoms. The average molecular weight is 225 g/mol. The molecule has 72 valence electrons. The minimum absolute atomic E-state index is 0.186. The molecule has 1 heterocycles. The van der Waals surface area contributed by atoms with Gasteiger partial charge in [0.2, 0.25) is 0 Å². The molecule has 2 rings (SSSR count). The largest absolute Gasteiger partial charge is 0.478 e. The van der Waals surface area contributed by atoms with Gasteiger partial charge in [-0.2, -0.15) is 0 Å². The molecule has 0 unspecified atom stereocenters. The maximum Gasteiger partial charge on any atom is 0.336 e. The Balaban J connectivity index is 2.86. The molecule has 0 spiro atoms. The lowest BCUT2D eigenvalue weighted by Gasteiger charge is -2.01. The van der Waals surface area contributed by atoms with E-state index >= 15 is 0 Å². The summed E-state index contributed by atoms with van der Waals surface area (Å²) in [7, 11) is 0. The lowest BCUT2D eigenvalue weighted by Crippen LogP contribution is -1.98. The molecule has 0 aliphatic heterocycles. The first-order valence-electron chi connectivity index (χ1n) is 3.83. The number of hydrogen-bond donors (Lipinski definition) is 3. The zero-order valence-corrected chi connectivity index (χ0v) is 8.73. The van der Waals surface area contributed by atoms with Gasteiger partial charge in [0.1, 0.15) is 0 Å². The molecule has 14 heavy (non-hydrogen) atoms. The molecule has 2 aromatic rings. The van der Waals surface area contributed by atoms with E-state index in [0.717, 1.165) is 10.1 Å². The molecule has 3 N–H and O–H groups in total. The topological polar surface area (TPSA) is 63.3 Å². The Labute approximate surface area is 89.6 Å². The van der Waals surface area contributed by atoms with Crippen LogP contribution < -0.4 is 5.73 Å². The van der Waals surface area contributed by atoms with Gasteiger partial charge < -0.3 is 10.8 Å². The maximum absolute atomic E-state index is 10.8. The van der Waals surface area contributed by atoms with E-state index < -0.39 is 5.97 Å². The van der Waals surface area contributed by atoms with Gasteiger partial charge in [-0.05, 0) is 12.1 Å². The van der Waals surface area contributed by atoms with E-state index in [1.165, 1.54) is 11.3 Å². The number of anilines is 1. The van der Waals surface area contributed by atoms with Crippen LogP contribution in [-0.4, -0.2) is 11.1 Å². The number of carboxylic acid groups (broad SMARTS) is 1. The number of aromatic carboxylic acids is 1. The highest BCUT2D eigenvalue weighted by Gasteiger charge is 2.13. The summed E-state index contributed by atoms with van der Waals surface area (Å²) >= 11 is 5.67. The molecule has 0 fully saturated rings. The van der Waals surface area contributed by atoms with E-state index in [0.29, 0.717) is 10.6 Å². The normalized spacial score (nSPS) is 10.6. The summed E-state index contributed by atoms with van der Waals surface area (Å²) in [6.45, 7) is 0. The third-order valence-corrected chi connectivity index (χ3v) is 3.40. The minimum atomic E-state index is -0.984. The van der Waals surface area contributed by atoms with E-state index in [4.69, 9.17) is 10.8 Å². The van der Waals surface area contributed by atoms with E-state index in [1.54, 1.807) is 17.5 Å². The molecule has 0 aliphatic rings. The second kappa shape index (κ2) is 3.18. The van der Waals surface area contributed by atoms with Crippen molar-refractivity contribution in [2.45, 2.75) is 4.90 Å². The molecule has 0 bridgehead atoms.